The molecular weight excluding hydrogens is 172 g/mol. The van der Waals surface area contributed by atoms with Crippen molar-refractivity contribution in [2.45, 2.75) is 0 Å². The van der Waals surface area contributed by atoms with Crippen LogP contribution in [0, 0.1) is 0 Å². The van der Waals surface area contributed by atoms with E-state index in [9.17, 15) is 0 Å². The Balaban J connectivity index is 0. The van der Waals surface area contributed by atoms with E-state index in [-0.39, 0.29) is 83.0 Å². The Kier molecular flexibility index (Phi) is 12100. The fraction of sp³-hybridized carbons (Fsp3) is 0. The van der Waals surface area contributed by atoms with Crippen LogP contribution in [0.1, 0.15) is 0 Å². The minimum atomic E-state index is 0. The summed E-state index contributed by atoms with van der Waals surface area (Å²) in [7, 11) is 0. The third-order valence-corrected chi connectivity index (χ3v) is 0. The van der Waals surface area contributed by atoms with Crippen LogP contribution in [0.4, 0.5) is 0 Å². The van der Waals surface area contributed by atoms with E-state index in [1.54, 1.807) is 0 Å². The van der Waals surface area contributed by atoms with Gasteiger partial charge in [-0.1, -0.05) is 0 Å². The van der Waals surface area contributed by atoms with E-state index in [2.05, 4.69) is 0 Å². The molecule has 0 radical (unpaired) electrons. The second-order valence-corrected chi connectivity index (χ2v) is 0. The summed E-state index contributed by atoms with van der Waals surface area (Å²) in [4.78, 5) is 0. The Hall–Kier alpha value is 1.31. The van der Waals surface area contributed by atoms with E-state index in [1.807, 2.05) is 0 Å². The van der Waals surface area contributed by atoms with Crippen LogP contribution in [-0.4, -0.2) is 70.6 Å². The number of rotatable bonds is 0. The van der Waals surface area contributed by atoms with E-state index in [4.69, 9.17) is 0 Å². The van der Waals surface area contributed by atoms with Gasteiger partial charge in [0.25, 0.3) is 0 Å². The van der Waals surface area contributed by atoms with Crippen molar-refractivity contribution >= 4 is 50.1 Å². The normalized spacial score (nSPS) is 0. The van der Waals surface area contributed by atoms with Crippen molar-refractivity contribution in [3.05, 3.63) is 0 Å². The first-order chi connectivity index (χ1) is 0. The zero-order chi connectivity index (χ0) is 0. The van der Waals surface area contributed by atoms with Gasteiger partial charge in [0, 0.05) is 0 Å². The van der Waals surface area contributed by atoms with Gasteiger partial charge in [0.1, 0.15) is 0 Å². The molecule has 0 aromatic heterocycles. The Morgan fingerprint density at radius 1 is 0.375 bits per heavy atom. The zero-order valence-electron chi connectivity index (χ0n) is 3.41. The first kappa shape index (κ1) is 375. The van der Waals surface area contributed by atoms with Crippen molar-refractivity contribution < 1.29 is 32.9 Å². The topological polar surface area (TPSA) is 189 Å². The summed E-state index contributed by atoms with van der Waals surface area (Å²) in [5.41, 5.74) is 0. The van der Waals surface area contributed by atoms with Gasteiger partial charge in [-0.15, -0.1) is 12.4 Å². The molecule has 0 unspecified atom stereocenters. The summed E-state index contributed by atoms with van der Waals surface area (Å²) in [6.07, 6.45) is 0. The van der Waals surface area contributed by atoms with Gasteiger partial charge in [-0.05, 0) is 0 Å². The van der Waals surface area contributed by atoms with Gasteiger partial charge in [0.15, 0.2) is 0 Å². The molecule has 8 heavy (non-hydrogen) atoms. The van der Waals surface area contributed by atoms with Crippen LogP contribution in [0.3, 0.4) is 0 Å². The molecule has 0 bridgehead atoms. The molecule has 12 N–H and O–H groups in total. The maximum absolute atomic E-state index is 0. The van der Waals surface area contributed by atoms with Crippen LogP contribution in [0.25, 0.3) is 0 Å². The molecule has 0 heterocycles. The summed E-state index contributed by atoms with van der Waals surface area (Å²) in [5, 5.41) is 0. The standard InChI is InChI=1S/Ca.ClH.6H2O.2H/h;1H;6*1H2;;. The molecule has 6 nitrogen and oxygen atoms in total. The predicted octanol–water partition coefficient (Wildman–Crippen LogP) is -5.44. The molecule has 0 amide bonds. The molecule has 0 spiro atoms. The van der Waals surface area contributed by atoms with Crippen LogP contribution in [0.5, 0.6) is 0 Å². The van der Waals surface area contributed by atoms with Crippen LogP contribution in [0.2, 0.25) is 0 Å². The van der Waals surface area contributed by atoms with E-state index in [0.29, 0.717) is 0 Å². The van der Waals surface area contributed by atoms with Gasteiger partial charge in [0.2, 0.25) is 0 Å². The van der Waals surface area contributed by atoms with E-state index >= 15 is 0 Å². The molecule has 0 aliphatic carbocycles. The first-order valence-electron chi connectivity index (χ1n) is 0. The summed E-state index contributed by atoms with van der Waals surface area (Å²) >= 11 is 0. The van der Waals surface area contributed by atoms with E-state index in [1.165, 1.54) is 0 Å². The van der Waals surface area contributed by atoms with Gasteiger partial charge in [0.05, 0.1) is 0 Å². The van der Waals surface area contributed by atoms with Crippen molar-refractivity contribution in [2.24, 2.45) is 0 Å². The maximum atomic E-state index is 0. The SMILES string of the molecule is Cl.O.O.O.O.O.O.[CaH2]. The van der Waals surface area contributed by atoms with Crippen LogP contribution in [0.15, 0.2) is 0 Å². The Morgan fingerprint density at radius 3 is 0.375 bits per heavy atom. The summed E-state index contributed by atoms with van der Waals surface area (Å²) in [6, 6.07) is 0. The molecule has 8 heteroatoms. The van der Waals surface area contributed by atoms with E-state index in [0.717, 1.165) is 0 Å². The monoisotopic (exact) mass is 186 g/mol. The van der Waals surface area contributed by atoms with Gasteiger partial charge >= 0.3 is 37.7 Å². The van der Waals surface area contributed by atoms with Gasteiger partial charge in [-0.2, -0.15) is 0 Å². The second kappa shape index (κ2) is 259. The Labute approximate surface area is 82.5 Å². The zero-order valence-corrected chi connectivity index (χ0v) is 4.22. The third kappa shape index (κ3) is 170. The van der Waals surface area contributed by atoms with Crippen molar-refractivity contribution in [1.29, 1.82) is 0 Å². The van der Waals surface area contributed by atoms with Crippen LogP contribution >= 0.6 is 12.4 Å². The molecule has 0 atom stereocenters. The summed E-state index contributed by atoms with van der Waals surface area (Å²) in [6.45, 7) is 0. The Morgan fingerprint density at radius 2 is 0.375 bits per heavy atom. The summed E-state index contributed by atoms with van der Waals surface area (Å²) < 4.78 is 0. The molecule has 0 aliphatic heterocycles. The van der Waals surface area contributed by atoms with Crippen molar-refractivity contribution in [2.75, 3.05) is 0 Å². The van der Waals surface area contributed by atoms with Gasteiger partial charge in [-0.3, -0.25) is 0 Å². The molecule has 0 aliphatic rings. The van der Waals surface area contributed by atoms with Crippen molar-refractivity contribution in [3.8, 4) is 0 Å². The average molecular weight is 187 g/mol. The number of halogens is 1. The molecular formula is H15CaClO6. The van der Waals surface area contributed by atoms with Crippen LogP contribution < -0.4 is 0 Å². The fourth-order valence-corrected chi connectivity index (χ4v) is 0. The van der Waals surface area contributed by atoms with E-state index < -0.39 is 0 Å². The Bertz CT molecular complexity index is 8.49. The molecule has 0 saturated carbocycles. The predicted molar refractivity (Wildman–Crippen MR) is 37.5 cm³/mol. The van der Waals surface area contributed by atoms with Crippen molar-refractivity contribution in [1.82, 2.24) is 0 Å². The van der Waals surface area contributed by atoms with Gasteiger partial charge < -0.3 is 32.9 Å². The third-order valence-electron chi connectivity index (χ3n) is 0. The molecule has 0 rings (SSSR count). The quantitative estimate of drug-likeness (QED) is 0.327. The second-order valence-electron chi connectivity index (χ2n) is 0. The summed E-state index contributed by atoms with van der Waals surface area (Å²) in [5.74, 6) is 0. The van der Waals surface area contributed by atoms with Crippen LogP contribution in [-0.2, 0) is 0 Å². The molecule has 0 aromatic rings. The number of hydrogen-bond donors (Lipinski definition) is 0. The first-order valence-corrected chi connectivity index (χ1v) is 0. The van der Waals surface area contributed by atoms with Crippen molar-refractivity contribution in [3.63, 3.8) is 0 Å². The molecule has 0 aromatic carbocycles. The minimum absolute atomic E-state index is 0. The molecule has 0 fully saturated rings. The average Bonchev–Trinajstić information content (AvgIpc) is 0. The number of hydrogen-bond acceptors (Lipinski definition) is 0. The molecule has 60 valence electrons. The molecule has 0 saturated heterocycles. The fourth-order valence-electron chi connectivity index (χ4n) is 0. The van der Waals surface area contributed by atoms with Gasteiger partial charge in [-0.25, -0.2) is 0 Å².